The zero-order valence-electron chi connectivity index (χ0n) is 13.3. The molecule has 0 spiro atoms. The lowest BCUT2D eigenvalue weighted by Gasteiger charge is -1.97. The van der Waals surface area contributed by atoms with Crippen molar-refractivity contribution in [2.75, 3.05) is 0 Å². The molecule has 4 aromatic rings. The van der Waals surface area contributed by atoms with Gasteiger partial charge in [-0.05, 0) is 42.8 Å². The van der Waals surface area contributed by atoms with Gasteiger partial charge in [0.05, 0.1) is 11.2 Å². The Morgan fingerprint density at radius 3 is 2.68 bits per heavy atom. The lowest BCUT2D eigenvalue weighted by Crippen LogP contribution is -2.02. The van der Waals surface area contributed by atoms with Crippen LogP contribution in [0.2, 0.25) is 0 Å². The number of aromatic nitrogens is 5. The monoisotopic (exact) mass is 331 g/mol. The van der Waals surface area contributed by atoms with Gasteiger partial charge in [-0.2, -0.15) is 15.4 Å². The average molecular weight is 331 g/mol. The molecule has 0 aliphatic rings. The first-order valence-corrected chi connectivity index (χ1v) is 7.64. The van der Waals surface area contributed by atoms with Gasteiger partial charge in [-0.25, -0.2) is 0 Å². The van der Waals surface area contributed by atoms with Crippen LogP contribution in [-0.4, -0.2) is 25.4 Å². The van der Waals surface area contributed by atoms with Crippen LogP contribution >= 0.6 is 0 Å². The van der Waals surface area contributed by atoms with Gasteiger partial charge < -0.3 is 4.98 Å². The number of pyridine rings is 1. The van der Waals surface area contributed by atoms with Crippen LogP contribution in [0.1, 0.15) is 17.0 Å². The molecule has 0 saturated heterocycles. The van der Waals surface area contributed by atoms with Crippen molar-refractivity contribution in [3.63, 3.8) is 0 Å². The molecule has 0 radical (unpaired) electrons. The maximum absolute atomic E-state index is 12.5. The molecule has 122 valence electrons. The summed E-state index contributed by atoms with van der Waals surface area (Å²) in [4.78, 5) is 31.8. The highest BCUT2D eigenvalue weighted by atomic mass is 16.1. The highest BCUT2D eigenvalue weighted by molar-refractivity contribution is 5.88. The lowest BCUT2D eigenvalue weighted by atomic mass is 10.1. The normalized spacial score (nSPS) is 11.6. The first-order valence-electron chi connectivity index (χ1n) is 7.64. The topological polar surface area (TPSA) is 104 Å². The van der Waals surface area contributed by atoms with Gasteiger partial charge in [0.15, 0.2) is 11.0 Å². The molecule has 0 aliphatic carbocycles. The van der Waals surface area contributed by atoms with Crippen LogP contribution < -0.4 is 11.0 Å². The molecule has 0 aliphatic heterocycles. The number of nitrogens with one attached hydrogen (secondary N) is 2. The second kappa shape index (κ2) is 5.79. The fourth-order valence-corrected chi connectivity index (χ4v) is 2.66. The second-order valence-corrected chi connectivity index (χ2v) is 5.65. The van der Waals surface area contributed by atoms with E-state index in [1.54, 1.807) is 18.2 Å². The average Bonchev–Trinajstić information content (AvgIpc) is 3.06. The lowest BCUT2D eigenvalue weighted by molar-refractivity contribution is 0.955. The number of hydrogen-bond acceptors (Lipinski definition) is 5. The minimum atomic E-state index is -0.461. The predicted octanol–water partition coefficient (Wildman–Crippen LogP) is 2.03. The number of nitrogens with zero attached hydrogens (tertiary/aromatic N) is 3. The molecule has 25 heavy (non-hydrogen) atoms. The molecule has 0 bridgehead atoms. The molecule has 2 N–H and O–H groups in total. The molecule has 3 aromatic heterocycles. The van der Waals surface area contributed by atoms with Crippen molar-refractivity contribution < 1.29 is 0 Å². The summed E-state index contributed by atoms with van der Waals surface area (Å²) in [6.07, 6.45) is 3.75. The Morgan fingerprint density at radius 2 is 1.84 bits per heavy atom. The molecular weight excluding hydrogens is 318 g/mol. The van der Waals surface area contributed by atoms with Crippen LogP contribution in [0.4, 0.5) is 0 Å². The summed E-state index contributed by atoms with van der Waals surface area (Å²) in [7, 11) is 0. The molecule has 4 rings (SSSR count). The number of fused-ring (bicyclic) bond motifs is 2. The first kappa shape index (κ1) is 14.9. The third-order valence-electron chi connectivity index (χ3n) is 3.87. The highest BCUT2D eigenvalue weighted by Gasteiger charge is 2.09. The third kappa shape index (κ3) is 2.72. The molecule has 3 heterocycles. The molecule has 0 saturated carbocycles. The van der Waals surface area contributed by atoms with Crippen LogP contribution in [0.25, 0.3) is 34.1 Å². The number of H-pyrrole nitrogens is 2. The van der Waals surface area contributed by atoms with E-state index in [-0.39, 0.29) is 16.5 Å². The van der Waals surface area contributed by atoms with Gasteiger partial charge in [0.1, 0.15) is 0 Å². The van der Waals surface area contributed by atoms with Gasteiger partial charge in [0.25, 0.3) is 5.56 Å². The fraction of sp³-hybridized carbons (Fsp3) is 0.0556. The van der Waals surface area contributed by atoms with E-state index < -0.39 is 5.56 Å². The third-order valence-corrected chi connectivity index (χ3v) is 3.87. The SMILES string of the molecule is Cc1cccc(C=Cc2ccc3c(=O)c4n[nH]nc4c(=O)[nH]c3c2)n1. The smallest absolute Gasteiger partial charge is 0.278 e. The van der Waals surface area contributed by atoms with Gasteiger partial charge in [-0.3, -0.25) is 14.6 Å². The fourth-order valence-electron chi connectivity index (χ4n) is 2.66. The van der Waals surface area contributed by atoms with Crippen molar-refractivity contribution >= 4 is 34.1 Å². The van der Waals surface area contributed by atoms with E-state index in [1.165, 1.54) is 0 Å². The Balaban J connectivity index is 1.87. The molecule has 7 heteroatoms. The summed E-state index contributed by atoms with van der Waals surface area (Å²) in [6.45, 7) is 1.93. The van der Waals surface area contributed by atoms with E-state index in [2.05, 4.69) is 25.4 Å². The molecule has 0 fully saturated rings. The van der Waals surface area contributed by atoms with Crippen molar-refractivity contribution in [1.82, 2.24) is 25.4 Å². The van der Waals surface area contributed by atoms with Crippen molar-refractivity contribution in [3.8, 4) is 0 Å². The van der Waals surface area contributed by atoms with E-state index in [0.29, 0.717) is 10.9 Å². The van der Waals surface area contributed by atoms with E-state index in [4.69, 9.17) is 0 Å². The molecule has 0 amide bonds. The summed E-state index contributed by atoms with van der Waals surface area (Å²) < 4.78 is 0. The van der Waals surface area contributed by atoms with Gasteiger partial charge in [0, 0.05) is 11.1 Å². The molecule has 0 atom stereocenters. The predicted molar refractivity (Wildman–Crippen MR) is 96.2 cm³/mol. The number of benzene rings is 1. The van der Waals surface area contributed by atoms with Crippen molar-refractivity contribution in [3.05, 3.63) is 73.9 Å². The van der Waals surface area contributed by atoms with Gasteiger partial charge in [-0.1, -0.05) is 18.2 Å². The number of aryl methyl sites for hydroxylation is 1. The summed E-state index contributed by atoms with van der Waals surface area (Å²) in [5.74, 6) is 0. The molecule has 1 aromatic carbocycles. The Morgan fingerprint density at radius 1 is 1.00 bits per heavy atom. The zero-order valence-corrected chi connectivity index (χ0v) is 13.3. The summed E-state index contributed by atoms with van der Waals surface area (Å²) in [5, 5.41) is 10.2. The van der Waals surface area contributed by atoms with Crippen LogP contribution in [0.5, 0.6) is 0 Å². The summed E-state index contributed by atoms with van der Waals surface area (Å²) >= 11 is 0. The Labute approximate surface area is 141 Å². The quantitative estimate of drug-likeness (QED) is 0.585. The highest BCUT2D eigenvalue weighted by Crippen LogP contribution is 2.13. The molecule has 7 nitrogen and oxygen atoms in total. The number of aromatic amines is 2. The van der Waals surface area contributed by atoms with Crippen LogP contribution in [0, 0.1) is 6.92 Å². The number of hydrogen-bond donors (Lipinski definition) is 2. The van der Waals surface area contributed by atoms with E-state index in [1.807, 2.05) is 37.3 Å². The minimum absolute atomic E-state index is 0.00209. The minimum Gasteiger partial charge on any atom is -0.320 e. The molecule has 0 unspecified atom stereocenters. The zero-order chi connectivity index (χ0) is 17.4. The Hall–Kier alpha value is -3.61. The van der Waals surface area contributed by atoms with Crippen molar-refractivity contribution in [1.29, 1.82) is 0 Å². The largest absolute Gasteiger partial charge is 0.320 e. The van der Waals surface area contributed by atoms with Gasteiger partial charge in [-0.15, -0.1) is 0 Å². The van der Waals surface area contributed by atoms with Crippen molar-refractivity contribution in [2.24, 2.45) is 0 Å². The number of rotatable bonds is 2. The van der Waals surface area contributed by atoms with Crippen molar-refractivity contribution in [2.45, 2.75) is 6.92 Å². The Kier molecular flexibility index (Phi) is 3.46. The Bertz CT molecular complexity index is 1250. The van der Waals surface area contributed by atoms with E-state index in [0.717, 1.165) is 17.0 Å². The van der Waals surface area contributed by atoms with E-state index in [9.17, 15) is 9.59 Å². The van der Waals surface area contributed by atoms with Crippen LogP contribution in [-0.2, 0) is 0 Å². The van der Waals surface area contributed by atoms with Crippen LogP contribution in [0.3, 0.4) is 0 Å². The summed E-state index contributed by atoms with van der Waals surface area (Å²) in [6, 6.07) is 11.0. The van der Waals surface area contributed by atoms with Gasteiger partial charge in [0.2, 0.25) is 5.43 Å². The maximum Gasteiger partial charge on any atom is 0.278 e. The first-order chi connectivity index (χ1) is 12.1. The van der Waals surface area contributed by atoms with E-state index >= 15 is 0 Å². The standard InChI is InChI=1S/C18H13N5O2/c1-10-3-2-4-12(19-10)7-5-11-6-8-13-14(9-11)20-18(25)16-15(17(13)24)21-23-22-16/h2-9H,1H3,(H,20,25)(H,21,22,23). The maximum atomic E-state index is 12.5. The molecular formula is C18H13N5O2. The van der Waals surface area contributed by atoms with Gasteiger partial charge >= 0.3 is 0 Å². The van der Waals surface area contributed by atoms with Crippen LogP contribution in [0.15, 0.2) is 46.0 Å². The summed E-state index contributed by atoms with van der Waals surface area (Å²) in [5.41, 5.74) is 2.28. The second-order valence-electron chi connectivity index (χ2n) is 5.65.